The minimum absolute atomic E-state index is 0.180. The topological polar surface area (TPSA) is 57.2 Å². The van der Waals surface area contributed by atoms with Crippen molar-refractivity contribution in [3.8, 4) is 0 Å². The summed E-state index contributed by atoms with van der Waals surface area (Å²) in [6.45, 7) is 5.54. The predicted octanol–water partition coefficient (Wildman–Crippen LogP) is 2.48. The lowest BCUT2D eigenvalue weighted by molar-refractivity contribution is 0.127. The van der Waals surface area contributed by atoms with E-state index < -0.39 is 0 Å². The third-order valence-electron chi connectivity index (χ3n) is 5.02. The number of rotatable bonds is 8. The summed E-state index contributed by atoms with van der Waals surface area (Å²) in [5.74, 6) is 0. The van der Waals surface area contributed by atoms with Gasteiger partial charge in [-0.05, 0) is 36.4 Å². The third-order valence-corrected chi connectivity index (χ3v) is 5.02. The van der Waals surface area contributed by atoms with Crippen LogP contribution in [0, 0.1) is 0 Å². The molecule has 1 N–H and O–H groups in total. The van der Waals surface area contributed by atoms with Crippen LogP contribution in [0.3, 0.4) is 0 Å². The molecule has 0 saturated carbocycles. The van der Waals surface area contributed by atoms with Crippen LogP contribution < -0.4 is 5.32 Å². The van der Waals surface area contributed by atoms with E-state index in [0.29, 0.717) is 0 Å². The molecule has 4 rings (SSSR count). The van der Waals surface area contributed by atoms with Crippen LogP contribution in [0.1, 0.15) is 23.2 Å². The average molecular weight is 374 g/mol. The number of nitrogens with one attached hydrogen (secondary N) is 1. The summed E-state index contributed by atoms with van der Waals surface area (Å²) in [6, 6.07) is 18.3. The van der Waals surface area contributed by atoms with Crippen LogP contribution in [0.25, 0.3) is 0 Å². The van der Waals surface area contributed by atoms with Gasteiger partial charge in [-0.15, -0.1) is 0 Å². The highest BCUT2D eigenvalue weighted by Crippen LogP contribution is 2.29. The second-order valence-corrected chi connectivity index (χ2v) is 6.95. The Morgan fingerprint density at radius 2 is 1.46 bits per heavy atom. The molecule has 0 aliphatic carbocycles. The minimum Gasteiger partial charge on any atom is -0.310 e. The normalized spacial score (nSPS) is 17.8. The van der Waals surface area contributed by atoms with Gasteiger partial charge in [0.2, 0.25) is 0 Å². The summed E-state index contributed by atoms with van der Waals surface area (Å²) in [5, 5.41) is 3.51. The molecule has 1 fully saturated rings. The van der Waals surface area contributed by atoms with Crippen LogP contribution in [0.15, 0.2) is 73.2 Å². The fourth-order valence-electron chi connectivity index (χ4n) is 3.68. The number of nitrogens with zero attached hydrogens (tertiary/aromatic N) is 5. The van der Waals surface area contributed by atoms with Crippen molar-refractivity contribution in [2.45, 2.75) is 19.3 Å². The molecule has 3 aromatic heterocycles. The van der Waals surface area contributed by atoms with Gasteiger partial charge in [0.15, 0.2) is 0 Å². The number of pyridine rings is 3. The van der Waals surface area contributed by atoms with Crippen LogP contribution in [0.5, 0.6) is 0 Å². The van der Waals surface area contributed by atoms with Gasteiger partial charge in [0.05, 0.1) is 17.1 Å². The van der Waals surface area contributed by atoms with E-state index in [1.54, 1.807) is 0 Å². The van der Waals surface area contributed by atoms with Gasteiger partial charge in [-0.1, -0.05) is 18.2 Å². The van der Waals surface area contributed by atoms with Gasteiger partial charge in [-0.25, -0.2) is 0 Å². The Balaban J connectivity index is 1.39. The lowest BCUT2D eigenvalue weighted by atomic mass is 10.2. The Morgan fingerprint density at radius 3 is 2.14 bits per heavy atom. The van der Waals surface area contributed by atoms with Crippen molar-refractivity contribution in [2.75, 3.05) is 26.2 Å². The first-order valence-electron chi connectivity index (χ1n) is 9.80. The average Bonchev–Trinajstić information content (AvgIpc) is 3.15. The van der Waals surface area contributed by atoms with E-state index in [1.807, 2.05) is 55.0 Å². The summed E-state index contributed by atoms with van der Waals surface area (Å²) in [6.07, 6.45) is 5.76. The predicted molar refractivity (Wildman–Crippen MR) is 109 cm³/mol. The largest absolute Gasteiger partial charge is 0.310 e. The second-order valence-electron chi connectivity index (χ2n) is 6.95. The molecule has 144 valence electrons. The molecule has 1 unspecified atom stereocenters. The van der Waals surface area contributed by atoms with E-state index >= 15 is 0 Å². The lowest BCUT2D eigenvalue weighted by Crippen LogP contribution is -2.35. The zero-order chi connectivity index (χ0) is 19.0. The van der Waals surface area contributed by atoms with Gasteiger partial charge in [-0.2, -0.15) is 0 Å². The maximum Gasteiger partial charge on any atom is 0.107 e. The van der Waals surface area contributed by atoms with Crippen LogP contribution >= 0.6 is 0 Å². The van der Waals surface area contributed by atoms with Crippen LogP contribution in [0.4, 0.5) is 0 Å². The zero-order valence-electron chi connectivity index (χ0n) is 16.0. The quantitative estimate of drug-likeness (QED) is 0.612. The number of aromatic nitrogens is 3. The zero-order valence-corrected chi connectivity index (χ0v) is 16.0. The van der Waals surface area contributed by atoms with E-state index in [-0.39, 0.29) is 6.17 Å². The standard InChI is InChI=1S/C22H26N6/c1-4-10-24-19(7-1)17-23-13-14-27-15-16-28(18-20-8-2-5-11-25-20)22(27)21-9-3-6-12-26-21/h1-12,22-23H,13-18H2. The molecule has 1 aliphatic heterocycles. The molecule has 0 bridgehead atoms. The first-order valence-corrected chi connectivity index (χ1v) is 9.80. The fraction of sp³-hybridized carbons (Fsp3) is 0.318. The molecule has 3 aromatic rings. The smallest absolute Gasteiger partial charge is 0.107 e. The molecule has 1 atom stereocenters. The van der Waals surface area contributed by atoms with E-state index in [0.717, 1.165) is 56.4 Å². The molecule has 0 aromatic carbocycles. The molecule has 28 heavy (non-hydrogen) atoms. The summed E-state index contributed by atoms with van der Waals surface area (Å²) in [4.78, 5) is 18.5. The van der Waals surface area contributed by atoms with Gasteiger partial charge >= 0.3 is 0 Å². The lowest BCUT2D eigenvalue weighted by Gasteiger charge is -2.29. The van der Waals surface area contributed by atoms with Crippen LogP contribution in [-0.4, -0.2) is 50.9 Å². The molecular weight excluding hydrogens is 348 g/mol. The van der Waals surface area contributed by atoms with Crippen molar-refractivity contribution in [1.82, 2.24) is 30.1 Å². The van der Waals surface area contributed by atoms with Gasteiger partial charge in [-0.3, -0.25) is 24.8 Å². The summed E-state index contributed by atoms with van der Waals surface area (Å²) in [5.41, 5.74) is 3.26. The molecule has 6 heteroatoms. The molecule has 1 saturated heterocycles. The summed E-state index contributed by atoms with van der Waals surface area (Å²) >= 11 is 0. The first-order chi connectivity index (χ1) is 13.9. The maximum absolute atomic E-state index is 4.64. The van der Waals surface area contributed by atoms with Crippen molar-refractivity contribution in [1.29, 1.82) is 0 Å². The van der Waals surface area contributed by atoms with Crippen LogP contribution in [0.2, 0.25) is 0 Å². The minimum atomic E-state index is 0.180. The Hall–Kier alpha value is -2.67. The second kappa shape index (κ2) is 9.50. The molecular formula is C22H26N6. The Kier molecular flexibility index (Phi) is 6.34. The molecule has 1 aliphatic rings. The third kappa shape index (κ3) is 4.78. The SMILES string of the molecule is c1ccc(CNCCN2CCN(Cc3ccccn3)C2c2ccccn2)nc1. The van der Waals surface area contributed by atoms with Gasteiger partial charge in [0.1, 0.15) is 6.17 Å². The molecule has 0 spiro atoms. The van der Waals surface area contributed by atoms with E-state index in [2.05, 4.69) is 48.3 Å². The van der Waals surface area contributed by atoms with Crippen molar-refractivity contribution < 1.29 is 0 Å². The fourth-order valence-corrected chi connectivity index (χ4v) is 3.68. The van der Waals surface area contributed by atoms with E-state index in [1.165, 1.54) is 0 Å². The summed E-state index contributed by atoms with van der Waals surface area (Å²) in [7, 11) is 0. The van der Waals surface area contributed by atoms with Crippen LogP contribution in [-0.2, 0) is 13.1 Å². The monoisotopic (exact) mass is 374 g/mol. The van der Waals surface area contributed by atoms with Gasteiger partial charge < -0.3 is 5.32 Å². The highest BCUT2D eigenvalue weighted by atomic mass is 15.4. The first kappa shape index (κ1) is 18.7. The Bertz CT molecular complexity index is 827. The van der Waals surface area contributed by atoms with Crippen molar-refractivity contribution in [2.24, 2.45) is 0 Å². The number of hydrogen-bond acceptors (Lipinski definition) is 6. The van der Waals surface area contributed by atoms with Gasteiger partial charge in [0, 0.05) is 57.9 Å². The Morgan fingerprint density at radius 1 is 0.786 bits per heavy atom. The van der Waals surface area contributed by atoms with Gasteiger partial charge in [0.25, 0.3) is 0 Å². The molecule has 0 radical (unpaired) electrons. The molecule has 0 amide bonds. The summed E-state index contributed by atoms with van der Waals surface area (Å²) < 4.78 is 0. The van der Waals surface area contributed by atoms with Crippen molar-refractivity contribution >= 4 is 0 Å². The highest BCUT2D eigenvalue weighted by molar-refractivity contribution is 5.12. The molecule has 6 nitrogen and oxygen atoms in total. The molecule has 4 heterocycles. The van der Waals surface area contributed by atoms with Crippen molar-refractivity contribution in [3.63, 3.8) is 0 Å². The van der Waals surface area contributed by atoms with E-state index in [9.17, 15) is 0 Å². The number of hydrogen-bond donors (Lipinski definition) is 1. The highest BCUT2D eigenvalue weighted by Gasteiger charge is 2.33. The van der Waals surface area contributed by atoms with E-state index in [4.69, 9.17) is 0 Å². The van der Waals surface area contributed by atoms with Crippen molar-refractivity contribution in [3.05, 3.63) is 90.3 Å². The Labute approximate surface area is 166 Å². The maximum atomic E-state index is 4.64.